The van der Waals surface area contributed by atoms with Crippen molar-refractivity contribution in [3.8, 4) is 0 Å². The first-order chi connectivity index (χ1) is 12.0. The molecule has 0 unspecified atom stereocenters. The van der Waals surface area contributed by atoms with Gasteiger partial charge in [0.15, 0.2) is 0 Å². The summed E-state index contributed by atoms with van der Waals surface area (Å²) in [6.45, 7) is 4.45. The standard InChI is InChI=1S/C19H27N3O3/c1-3-4-5-6-14(2)20-19(25)21-16-9-7-15(8-10-16)13-22-17(23)11-12-18(22)24/h7-10,14H,3-6,11-13H2,1-2H3,(H2,20,21,25)/t14-/m1/s1. The summed E-state index contributed by atoms with van der Waals surface area (Å²) in [5.41, 5.74) is 1.54. The molecular weight excluding hydrogens is 318 g/mol. The van der Waals surface area contributed by atoms with Gasteiger partial charge < -0.3 is 10.6 Å². The molecule has 2 rings (SSSR count). The number of hydrogen-bond donors (Lipinski definition) is 2. The molecule has 2 N–H and O–H groups in total. The first kappa shape index (κ1) is 19.0. The first-order valence-electron chi connectivity index (χ1n) is 8.99. The van der Waals surface area contributed by atoms with E-state index in [1.807, 2.05) is 19.1 Å². The van der Waals surface area contributed by atoms with Gasteiger partial charge in [-0.2, -0.15) is 0 Å². The number of unbranched alkanes of at least 4 members (excludes halogenated alkanes) is 2. The summed E-state index contributed by atoms with van der Waals surface area (Å²) in [6, 6.07) is 7.11. The van der Waals surface area contributed by atoms with Crippen molar-refractivity contribution in [2.24, 2.45) is 0 Å². The molecule has 0 bridgehead atoms. The number of nitrogens with zero attached hydrogens (tertiary/aromatic N) is 1. The number of anilines is 1. The number of urea groups is 1. The summed E-state index contributed by atoms with van der Waals surface area (Å²) < 4.78 is 0. The van der Waals surface area contributed by atoms with Crippen LogP contribution in [0.5, 0.6) is 0 Å². The van der Waals surface area contributed by atoms with E-state index >= 15 is 0 Å². The van der Waals surface area contributed by atoms with E-state index in [-0.39, 0.29) is 23.9 Å². The van der Waals surface area contributed by atoms with Gasteiger partial charge in [-0.05, 0) is 31.0 Å². The second kappa shape index (κ2) is 9.20. The Bertz CT molecular complexity index is 597. The summed E-state index contributed by atoms with van der Waals surface area (Å²) >= 11 is 0. The predicted molar refractivity (Wildman–Crippen MR) is 97.0 cm³/mol. The Balaban J connectivity index is 1.80. The van der Waals surface area contributed by atoms with Crippen LogP contribution in [0.25, 0.3) is 0 Å². The minimum atomic E-state index is -0.221. The molecule has 25 heavy (non-hydrogen) atoms. The van der Waals surface area contributed by atoms with Crippen LogP contribution in [0.3, 0.4) is 0 Å². The van der Waals surface area contributed by atoms with Gasteiger partial charge in [0.05, 0.1) is 6.54 Å². The number of carbonyl (C=O) groups is 3. The van der Waals surface area contributed by atoms with E-state index in [1.54, 1.807) is 12.1 Å². The number of rotatable bonds is 8. The predicted octanol–water partition coefficient (Wildman–Crippen LogP) is 3.43. The number of imide groups is 1. The van der Waals surface area contributed by atoms with Crippen LogP contribution in [-0.4, -0.2) is 28.8 Å². The lowest BCUT2D eigenvalue weighted by atomic mass is 10.1. The van der Waals surface area contributed by atoms with Gasteiger partial charge in [0.1, 0.15) is 0 Å². The highest BCUT2D eigenvalue weighted by molar-refractivity contribution is 6.01. The van der Waals surface area contributed by atoms with Gasteiger partial charge in [-0.1, -0.05) is 38.3 Å². The Morgan fingerprint density at radius 3 is 2.36 bits per heavy atom. The smallest absolute Gasteiger partial charge is 0.319 e. The second-order valence-electron chi connectivity index (χ2n) is 6.57. The third-order valence-electron chi connectivity index (χ3n) is 4.33. The van der Waals surface area contributed by atoms with Crippen molar-refractivity contribution < 1.29 is 14.4 Å². The second-order valence-corrected chi connectivity index (χ2v) is 6.57. The molecule has 1 heterocycles. The number of nitrogens with one attached hydrogen (secondary N) is 2. The van der Waals surface area contributed by atoms with Gasteiger partial charge in [-0.3, -0.25) is 14.5 Å². The molecule has 136 valence electrons. The maximum atomic E-state index is 12.0. The number of benzene rings is 1. The minimum absolute atomic E-state index is 0.122. The molecule has 1 aliphatic rings. The number of likely N-dealkylation sites (tertiary alicyclic amines) is 1. The molecule has 0 aliphatic carbocycles. The third kappa shape index (κ3) is 5.89. The molecule has 6 nitrogen and oxygen atoms in total. The lowest BCUT2D eigenvalue weighted by Crippen LogP contribution is -2.36. The van der Waals surface area contributed by atoms with Gasteiger partial charge in [-0.15, -0.1) is 0 Å². The Labute approximate surface area is 149 Å². The number of hydrogen-bond acceptors (Lipinski definition) is 3. The number of amides is 4. The summed E-state index contributed by atoms with van der Waals surface area (Å²) in [7, 11) is 0. The molecule has 0 aromatic heterocycles. The normalized spacial score (nSPS) is 15.4. The zero-order chi connectivity index (χ0) is 18.2. The summed E-state index contributed by atoms with van der Waals surface area (Å²) in [5.74, 6) is -0.243. The average molecular weight is 345 g/mol. The molecule has 4 amide bonds. The Morgan fingerprint density at radius 1 is 1.12 bits per heavy atom. The molecule has 1 aromatic rings. The van der Waals surface area contributed by atoms with Crippen molar-refractivity contribution in [1.29, 1.82) is 0 Å². The van der Waals surface area contributed by atoms with Crippen molar-refractivity contribution in [3.63, 3.8) is 0 Å². The van der Waals surface area contributed by atoms with E-state index in [4.69, 9.17) is 0 Å². The average Bonchev–Trinajstić information content (AvgIpc) is 2.88. The molecule has 1 aromatic carbocycles. The van der Waals surface area contributed by atoms with E-state index in [0.29, 0.717) is 25.1 Å². The van der Waals surface area contributed by atoms with E-state index in [1.165, 1.54) is 17.7 Å². The monoisotopic (exact) mass is 345 g/mol. The van der Waals surface area contributed by atoms with E-state index < -0.39 is 0 Å². The molecule has 0 saturated carbocycles. The summed E-state index contributed by atoms with van der Waals surface area (Å²) in [5, 5.41) is 5.73. The molecule has 1 fully saturated rings. The van der Waals surface area contributed by atoms with Gasteiger partial charge >= 0.3 is 6.03 Å². The van der Waals surface area contributed by atoms with Gasteiger partial charge in [-0.25, -0.2) is 4.79 Å². The third-order valence-corrected chi connectivity index (χ3v) is 4.33. The van der Waals surface area contributed by atoms with Gasteiger partial charge in [0.2, 0.25) is 11.8 Å². The lowest BCUT2D eigenvalue weighted by molar-refractivity contribution is -0.139. The molecule has 1 atom stereocenters. The topological polar surface area (TPSA) is 78.5 Å². The Kier molecular flexibility index (Phi) is 6.98. The Hall–Kier alpha value is -2.37. The van der Waals surface area contributed by atoms with Crippen LogP contribution in [0.4, 0.5) is 10.5 Å². The van der Waals surface area contributed by atoms with Crippen LogP contribution >= 0.6 is 0 Å². The largest absolute Gasteiger partial charge is 0.335 e. The van der Waals surface area contributed by atoms with Crippen LogP contribution in [-0.2, 0) is 16.1 Å². The molecular formula is C19H27N3O3. The highest BCUT2D eigenvalue weighted by Gasteiger charge is 2.28. The van der Waals surface area contributed by atoms with Crippen LogP contribution < -0.4 is 10.6 Å². The summed E-state index contributed by atoms with van der Waals surface area (Å²) in [6.07, 6.45) is 5.03. The van der Waals surface area contributed by atoms with Crippen LogP contribution in [0.2, 0.25) is 0 Å². The molecule has 1 aliphatic heterocycles. The van der Waals surface area contributed by atoms with Crippen molar-refractivity contribution >= 4 is 23.5 Å². The number of carbonyl (C=O) groups excluding carboxylic acids is 3. The van der Waals surface area contributed by atoms with Crippen molar-refractivity contribution in [3.05, 3.63) is 29.8 Å². The van der Waals surface area contributed by atoms with E-state index in [0.717, 1.165) is 18.4 Å². The summed E-state index contributed by atoms with van der Waals surface area (Å²) in [4.78, 5) is 36.5. The fraction of sp³-hybridized carbons (Fsp3) is 0.526. The highest BCUT2D eigenvalue weighted by atomic mass is 16.2. The van der Waals surface area contributed by atoms with Crippen molar-refractivity contribution in [2.75, 3.05) is 5.32 Å². The Morgan fingerprint density at radius 2 is 1.76 bits per heavy atom. The zero-order valence-electron chi connectivity index (χ0n) is 15.0. The SMILES string of the molecule is CCCCC[C@@H](C)NC(=O)Nc1ccc(CN2C(=O)CCC2=O)cc1. The lowest BCUT2D eigenvalue weighted by Gasteiger charge is -2.15. The highest BCUT2D eigenvalue weighted by Crippen LogP contribution is 2.17. The van der Waals surface area contributed by atoms with Crippen molar-refractivity contribution in [2.45, 2.75) is 65.0 Å². The quantitative estimate of drug-likeness (QED) is 0.560. The maximum absolute atomic E-state index is 12.0. The van der Waals surface area contributed by atoms with Crippen LogP contribution in [0.1, 0.15) is 57.9 Å². The van der Waals surface area contributed by atoms with Gasteiger partial charge in [0.25, 0.3) is 0 Å². The first-order valence-corrected chi connectivity index (χ1v) is 8.99. The van der Waals surface area contributed by atoms with Gasteiger partial charge in [0, 0.05) is 24.6 Å². The molecule has 0 radical (unpaired) electrons. The van der Waals surface area contributed by atoms with Crippen LogP contribution in [0, 0.1) is 0 Å². The van der Waals surface area contributed by atoms with E-state index in [2.05, 4.69) is 17.6 Å². The molecule has 1 saturated heterocycles. The minimum Gasteiger partial charge on any atom is -0.335 e. The van der Waals surface area contributed by atoms with Crippen LogP contribution in [0.15, 0.2) is 24.3 Å². The fourth-order valence-corrected chi connectivity index (χ4v) is 2.84. The molecule has 0 spiro atoms. The molecule has 6 heteroatoms. The van der Waals surface area contributed by atoms with E-state index in [9.17, 15) is 14.4 Å². The maximum Gasteiger partial charge on any atom is 0.319 e. The van der Waals surface area contributed by atoms with Crippen molar-refractivity contribution in [1.82, 2.24) is 10.2 Å². The zero-order valence-corrected chi connectivity index (χ0v) is 15.0. The fourth-order valence-electron chi connectivity index (χ4n) is 2.84.